The molecule has 2 rings (SSSR count). The highest BCUT2D eigenvalue weighted by Gasteiger charge is 2.21. The van der Waals surface area contributed by atoms with Crippen molar-refractivity contribution in [3.8, 4) is 5.75 Å². The topological polar surface area (TPSA) is 34.1 Å². The Hall–Kier alpha value is -1.39. The van der Waals surface area contributed by atoms with Crippen LogP contribution in [0.15, 0.2) is 12.1 Å². The van der Waals surface area contributed by atoms with Gasteiger partial charge >= 0.3 is 0 Å². The second kappa shape index (κ2) is 6.58. The van der Waals surface area contributed by atoms with Crippen LogP contribution in [0, 0.1) is 27.7 Å². The van der Waals surface area contributed by atoms with E-state index in [1.807, 2.05) is 0 Å². The van der Waals surface area contributed by atoms with Crippen molar-refractivity contribution in [2.45, 2.75) is 40.7 Å². The third-order valence-electron chi connectivity index (χ3n) is 3.70. The van der Waals surface area contributed by atoms with Gasteiger partial charge in [0.2, 0.25) is 0 Å². The lowest BCUT2D eigenvalue weighted by atomic mass is 9.96. The zero-order valence-electron chi connectivity index (χ0n) is 13.7. The van der Waals surface area contributed by atoms with Gasteiger partial charge in [0, 0.05) is 4.88 Å². The highest BCUT2D eigenvalue weighted by molar-refractivity contribution is 7.11. The quantitative estimate of drug-likeness (QED) is 0.903. The first kappa shape index (κ1) is 16.0. The van der Waals surface area contributed by atoms with E-state index in [0.717, 1.165) is 23.0 Å². The average Bonchev–Trinajstić information content (AvgIpc) is 2.77. The summed E-state index contributed by atoms with van der Waals surface area (Å²) >= 11 is 1.78. The molecule has 0 bridgehead atoms. The number of rotatable bonds is 5. The molecule has 21 heavy (non-hydrogen) atoms. The van der Waals surface area contributed by atoms with Gasteiger partial charge in [0.25, 0.3) is 0 Å². The first-order valence-corrected chi connectivity index (χ1v) is 8.12. The van der Waals surface area contributed by atoms with Crippen LogP contribution in [0.25, 0.3) is 0 Å². The summed E-state index contributed by atoms with van der Waals surface area (Å²) in [5.41, 5.74) is 4.84. The van der Waals surface area contributed by atoms with Crippen molar-refractivity contribution in [1.82, 2.24) is 10.3 Å². The van der Waals surface area contributed by atoms with E-state index in [-0.39, 0.29) is 6.04 Å². The standard InChI is InChI=1S/C17H24N2OS/c1-7-18-16(17-12(4)19-13(5)21-17)14-8-11(3)15(20-6)9-10(14)2/h8-9,16,18H,7H2,1-6H3. The molecule has 1 unspecified atom stereocenters. The highest BCUT2D eigenvalue weighted by Crippen LogP contribution is 2.34. The minimum atomic E-state index is 0.200. The van der Waals surface area contributed by atoms with E-state index in [4.69, 9.17) is 4.74 Å². The molecule has 1 aromatic heterocycles. The number of nitrogens with one attached hydrogen (secondary N) is 1. The lowest BCUT2D eigenvalue weighted by Gasteiger charge is -2.21. The Morgan fingerprint density at radius 1 is 1.19 bits per heavy atom. The Bertz CT molecular complexity index is 634. The second-order valence-corrected chi connectivity index (χ2v) is 6.59. The summed E-state index contributed by atoms with van der Waals surface area (Å²) < 4.78 is 5.42. The number of ether oxygens (including phenoxy) is 1. The van der Waals surface area contributed by atoms with E-state index < -0.39 is 0 Å². The Labute approximate surface area is 131 Å². The van der Waals surface area contributed by atoms with Gasteiger partial charge in [-0.2, -0.15) is 0 Å². The number of benzene rings is 1. The van der Waals surface area contributed by atoms with Crippen molar-refractivity contribution in [1.29, 1.82) is 0 Å². The highest BCUT2D eigenvalue weighted by atomic mass is 32.1. The third-order valence-corrected chi connectivity index (χ3v) is 4.84. The molecule has 1 aromatic carbocycles. The van der Waals surface area contributed by atoms with Crippen molar-refractivity contribution in [3.63, 3.8) is 0 Å². The molecule has 0 aliphatic rings. The van der Waals surface area contributed by atoms with E-state index in [0.29, 0.717) is 0 Å². The van der Waals surface area contributed by atoms with Crippen molar-refractivity contribution in [3.05, 3.63) is 44.4 Å². The maximum atomic E-state index is 5.42. The van der Waals surface area contributed by atoms with Crippen molar-refractivity contribution in [2.75, 3.05) is 13.7 Å². The Kier molecular flexibility index (Phi) is 5.01. The first-order chi connectivity index (χ1) is 9.97. The molecule has 1 atom stereocenters. The van der Waals surface area contributed by atoms with E-state index in [1.54, 1.807) is 18.4 Å². The number of nitrogens with zero attached hydrogens (tertiary/aromatic N) is 1. The molecule has 0 spiro atoms. The van der Waals surface area contributed by atoms with Crippen molar-refractivity contribution >= 4 is 11.3 Å². The number of aryl methyl sites for hydroxylation is 4. The van der Waals surface area contributed by atoms with Crippen LogP contribution in [-0.4, -0.2) is 18.6 Å². The lowest BCUT2D eigenvalue weighted by Crippen LogP contribution is -2.22. The number of hydrogen-bond acceptors (Lipinski definition) is 4. The molecule has 2 aromatic rings. The molecule has 3 nitrogen and oxygen atoms in total. The minimum Gasteiger partial charge on any atom is -0.496 e. The van der Waals surface area contributed by atoms with Crippen LogP contribution in [0.4, 0.5) is 0 Å². The average molecular weight is 304 g/mol. The maximum absolute atomic E-state index is 5.42. The molecule has 114 valence electrons. The van der Waals surface area contributed by atoms with Crippen LogP contribution in [0.2, 0.25) is 0 Å². The largest absolute Gasteiger partial charge is 0.496 e. The van der Waals surface area contributed by atoms with Crippen LogP contribution < -0.4 is 10.1 Å². The summed E-state index contributed by atoms with van der Waals surface area (Å²) in [4.78, 5) is 5.89. The van der Waals surface area contributed by atoms with Crippen LogP contribution in [0.3, 0.4) is 0 Å². The molecule has 0 fully saturated rings. The summed E-state index contributed by atoms with van der Waals surface area (Å²) in [5, 5.41) is 4.72. The van der Waals surface area contributed by atoms with Gasteiger partial charge in [-0.1, -0.05) is 13.0 Å². The van der Waals surface area contributed by atoms with Crippen LogP contribution >= 0.6 is 11.3 Å². The fraction of sp³-hybridized carbons (Fsp3) is 0.471. The molecular formula is C17H24N2OS. The van der Waals surface area contributed by atoms with Crippen molar-refractivity contribution < 1.29 is 4.74 Å². The Morgan fingerprint density at radius 2 is 1.90 bits per heavy atom. The molecule has 4 heteroatoms. The van der Waals surface area contributed by atoms with Crippen molar-refractivity contribution in [2.24, 2.45) is 0 Å². The summed E-state index contributed by atoms with van der Waals surface area (Å²) in [6, 6.07) is 4.56. The van der Waals surface area contributed by atoms with Gasteiger partial charge in [-0.3, -0.25) is 0 Å². The maximum Gasteiger partial charge on any atom is 0.122 e. The van der Waals surface area contributed by atoms with Gasteiger partial charge < -0.3 is 10.1 Å². The zero-order chi connectivity index (χ0) is 15.6. The molecule has 0 aliphatic heterocycles. The summed E-state index contributed by atoms with van der Waals surface area (Å²) in [7, 11) is 1.72. The SMILES string of the molecule is CCNC(c1cc(C)c(OC)cc1C)c1sc(C)nc1C. The number of hydrogen-bond donors (Lipinski definition) is 1. The minimum absolute atomic E-state index is 0.200. The van der Waals surface area contributed by atoms with Crippen LogP contribution in [0.1, 0.15) is 45.2 Å². The Morgan fingerprint density at radius 3 is 2.43 bits per heavy atom. The molecule has 0 aliphatic carbocycles. The van der Waals surface area contributed by atoms with E-state index in [9.17, 15) is 0 Å². The van der Waals surface area contributed by atoms with Gasteiger partial charge in [-0.15, -0.1) is 11.3 Å². The Balaban J connectivity index is 2.53. The predicted octanol–water partition coefficient (Wildman–Crippen LogP) is 4.08. The summed E-state index contributed by atoms with van der Waals surface area (Å²) in [6.07, 6.45) is 0. The summed E-state index contributed by atoms with van der Waals surface area (Å²) in [6.45, 7) is 11.5. The number of methoxy groups -OCH3 is 1. The van der Waals surface area contributed by atoms with Gasteiger partial charge in [0.05, 0.1) is 23.9 Å². The smallest absolute Gasteiger partial charge is 0.122 e. The molecule has 0 saturated heterocycles. The van der Waals surface area contributed by atoms with Gasteiger partial charge in [-0.25, -0.2) is 4.98 Å². The fourth-order valence-corrected chi connectivity index (χ4v) is 3.73. The predicted molar refractivity (Wildman–Crippen MR) is 89.6 cm³/mol. The van der Waals surface area contributed by atoms with Gasteiger partial charge in [0.1, 0.15) is 5.75 Å². The molecule has 1 heterocycles. The van der Waals surface area contributed by atoms with Gasteiger partial charge in [0.15, 0.2) is 0 Å². The fourth-order valence-electron chi connectivity index (χ4n) is 2.71. The molecule has 1 N–H and O–H groups in total. The summed E-state index contributed by atoms with van der Waals surface area (Å²) in [5.74, 6) is 0.948. The van der Waals surface area contributed by atoms with Gasteiger partial charge in [-0.05, 0) is 57.0 Å². The number of thiazole rings is 1. The molecule has 0 radical (unpaired) electrons. The normalized spacial score (nSPS) is 12.5. The van der Waals surface area contributed by atoms with Crippen LogP contribution in [0.5, 0.6) is 5.75 Å². The lowest BCUT2D eigenvalue weighted by molar-refractivity contribution is 0.411. The van der Waals surface area contributed by atoms with Crippen LogP contribution in [-0.2, 0) is 0 Å². The molecule has 0 amide bonds. The molecular weight excluding hydrogens is 280 g/mol. The monoisotopic (exact) mass is 304 g/mol. The zero-order valence-corrected chi connectivity index (χ0v) is 14.5. The second-order valence-electron chi connectivity index (χ2n) is 5.35. The van der Waals surface area contributed by atoms with E-state index in [2.05, 4.69) is 57.1 Å². The van der Waals surface area contributed by atoms with E-state index >= 15 is 0 Å². The third kappa shape index (κ3) is 3.27. The van der Waals surface area contributed by atoms with E-state index in [1.165, 1.54) is 21.6 Å². The molecule has 0 saturated carbocycles. The number of aromatic nitrogens is 1. The first-order valence-electron chi connectivity index (χ1n) is 7.30.